The van der Waals surface area contributed by atoms with Gasteiger partial charge in [0.25, 0.3) is 5.56 Å². The van der Waals surface area contributed by atoms with Gasteiger partial charge in [-0.25, -0.2) is 9.78 Å². The van der Waals surface area contributed by atoms with E-state index in [4.69, 9.17) is 9.84 Å². The van der Waals surface area contributed by atoms with Crippen molar-refractivity contribution in [2.24, 2.45) is 0 Å². The van der Waals surface area contributed by atoms with Gasteiger partial charge in [-0.3, -0.25) is 9.20 Å². The average Bonchev–Trinajstić information content (AvgIpc) is 2.66. The van der Waals surface area contributed by atoms with Gasteiger partial charge in [-0.05, 0) is 36.8 Å². The zero-order valence-electron chi connectivity index (χ0n) is 14.5. The Bertz CT molecular complexity index is 1070. The van der Waals surface area contributed by atoms with Crippen LogP contribution in [-0.4, -0.2) is 27.6 Å². The molecule has 6 heteroatoms. The minimum absolute atomic E-state index is 0.0424. The molecule has 2 aromatic heterocycles. The summed E-state index contributed by atoms with van der Waals surface area (Å²) in [6.45, 7) is 1.87. The van der Waals surface area contributed by atoms with Gasteiger partial charge in [0.2, 0.25) is 0 Å². The van der Waals surface area contributed by atoms with Crippen LogP contribution in [0.3, 0.4) is 0 Å². The lowest BCUT2D eigenvalue weighted by Gasteiger charge is -2.08. The normalized spacial score (nSPS) is 11.2. The Morgan fingerprint density at radius 1 is 1.23 bits per heavy atom. The third-order valence-electron chi connectivity index (χ3n) is 4.11. The summed E-state index contributed by atoms with van der Waals surface area (Å²) >= 11 is 0. The highest BCUT2D eigenvalue weighted by atomic mass is 16.5. The number of carbonyl (C=O) groups is 1. The van der Waals surface area contributed by atoms with Crippen LogP contribution in [0.25, 0.3) is 17.8 Å². The summed E-state index contributed by atoms with van der Waals surface area (Å²) < 4.78 is 6.61. The molecular formula is C20H18N2O4. The third kappa shape index (κ3) is 3.21. The average molecular weight is 350 g/mol. The van der Waals surface area contributed by atoms with Gasteiger partial charge in [-0.15, -0.1) is 0 Å². The van der Waals surface area contributed by atoms with Crippen LogP contribution in [0.2, 0.25) is 0 Å². The Morgan fingerprint density at radius 3 is 2.69 bits per heavy atom. The van der Waals surface area contributed by atoms with Gasteiger partial charge < -0.3 is 9.84 Å². The number of carboxylic acid groups (broad SMARTS) is 1. The summed E-state index contributed by atoms with van der Waals surface area (Å²) in [5.74, 6) is -0.359. The number of nitrogens with zero attached hydrogens (tertiary/aromatic N) is 2. The second-order valence-corrected chi connectivity index (χ2v) is 5.66. The lowest BCUT2D eigenvalue weighted by Crippen LogP contribution is -2.22. The first kappa shape index (κ1) is 17.4. The monoisotopic (exact) mass is 350 g/mol. The minimum Gasteiger partial charge on any atom is -0.496 e. The summed E-state index contributed by atoms with van der Waals surface area (Å²) in [7, 11) is 1.60. The zero-order valence-corrected chi connectivity index (χ0v) is 14.5. The Hall–Kier alpha value is -3.41. The Kier molecular flexibility index (Phi) is 4.84. The first-order valence-electron chi connectivity index (χ1n) is 8.14. The lowest BCUT2D eigenvalue weighted by atomic mass is 10.1. The standard InChI is InChI=1S/C20H18N2O4/c1-3-15-16(10-8-13-6-4-5-7-17(13)26-2)21-18-11-9-14(20(24)25)12-22(18)19(15)23/h4-12H,3H2,1-2H3,(H,24,25)/b10-8+. The van der Waals surface area contributed by atoms with E-state index in [9.17, 15) is 9.59 Å². The van der Waals surface area contributed by atoms with Crippen LogP contribution >= 0.6 is 0 Å². The molecule has 0 amide bonds. The maximum absolute atomic E-state index is 12.8. The van der Waals surface area contributed by atoms with E-state index in [1.54, 1.807) is 13.2 Å². The van der Waals surface area contributed by atoms with Crippen molar-refractivity contribution in [3.05, 3.63) is 75.3 Å². The largest absolute Gasteiger partial charge is 0.496 e. The van der Waals surface area contributed by atoms with Crippen molar-refractivity contribution in [2.75, 3.05) is 7.11 Å². The van der Waals surface area contributed by atoms with E-state index in [0.717, 1.165) is 11.3 Å². The third-order valence-corrected chi connectivity index (χ3v) is 4.11. The molecule has 132 valence electrons. The highest BCUT2D eigenvalue weighted by Gasteiger charge is 2.12. The first-order valence-corrected chi connectivity index (χ1v) is 8.14. The minimum atomic E-state index is -1.09. The number of benzene rings is 1. The molecule has 0 bridgehead atoms. The number of para-hydroxylation sites is 1. The van der Waals surface area contributed by atoms with Crippen LogP contribution < -0.4 is 10.3 Å². The van der Waals surface area contributed by atoms with E-state index in [0.29, 0.717) is 23.3 Å². The molecule has 0 saturated carbocycles. The molecule has 0 aliphatic carbocycles. The highest BCUT2D eigenvalue weighted by molar-refractivity contribution is 5.87. The van der Waals surface area contributed by atoms with E-state index in [2.05, 4.69) is 4.98 Å². The quantitative estimate of drug-likeness (QED) is 0.764. The van der Waals surface area contributed by atoms with Gasteiger partial charge in [-0.1, -0.05) is 25.1 Å². The second kappa shape index (κ2) is 7.23. The smallest absolute Gasteiger partial charge is 0.337 e. The lowest BCUT2D eigenvalue weighted by molar-refractivity contribution is 0.0696. The van der Waals surface area contributed by atoms with E-state index >= 15 is 0 Å². The van der Waals surface area contributed by atoms with Crippen molar-refractivity contribution in [1.29, 1.82) is 0 Å². The van der Waals surface area contributed by atoms with Crippen molar-refractivity contribution in [1.82, 2.24) is 9.38 Å². The Balaban J connectivity index is 2.14. The molecule has 6 nitrogen and oxygen atoms in total. The maximum Gasteiger partial charge on any atom is 0.337 e. The molecule has 1 N–H and O–H groups in total. The predicted octanol–water partition coefficient (Wildman–Crippen LogP) is 3.13. The van der Waals surface area contributed by atoms with Gasteiger partial charge in [0.1, 0.15) is 11.4 Å². The van der Waals surface area contributed by atoms with Crippen LogP contribution in [0.1, 0.15) is 34.1 Å². The summed E-state index contributed by atoms with van der Waals surface area (Å²) in [6.07, 6.45) is 5.42. The van der Waals surface area contributed by atoms with Crippen molar-refractivity contribution < 1.29 is 14.6 Å². The van der Waals surface area contributed by atoms with E-state index in [-0.39, 0.29) is 11.1 Å². The second-order valence-electron chi connectivity index (χ2n) is 5.66. The van der Waals surface area contributed by atoms with Crippen molar-refractivity contribution in [2.45, 2.75) is 13.3 Å². The molecule has 26 heavy (non-hydrogen) atoms. The van der Waals surface area contributed by atoms with Crippen LogP contribution in [0.5, 0.6) is 5.75 Å². The van der Waals surface area contributed by atoms with Crippen LogP contribution in [0.15, 0.2) is 47.4 Å². The van der Waals surface area contributed by atoms with E-state index in [1.165, 1.54) is 22.7 Å². The highest BCUT2D eigenvalue weighted by Crippen LogP contribution is 2.20. The van der Waals surface area contributed by atoms with Crippen molar-refractivity contribution in [3.63, 3.8) is 0 Å². The van der Waals surface area contributed by atoms with Crippen LogP contribution in [0.4, 0.5) is 0 Å². The zero-order chi connectivity index (χ0) is 18.7. The molecule has 0 unspecified atom stereocenters. The molecule has 0 aliphatic rings. The number of aromatic carboxylic acids is 1. The van der Waals surface area contributed by atoms with Gasteiger partial charge in [0, 0.05) is 17.3 Å². The molecule has 0 atom stereocenters. The maximum atomic E-state index is 12.8. The molecule has 0 aliphatic heterocycles. The van der Waals surface area contributed by atoms with E-state index < -0.39 is 5.97 Å². The molecule has 1 aromatic carbocycles. The number of pyridine rings is 1. The first-order chi connectivity index (χ1) is 12.5. The number of hydrogen-bond acceptors (Lipinski definition) is 4. The van der Waals surface area contributed by atoms with Gasteiger partial charge in [-0.2, -0.15) is 0 Å². The predicted molar refractivity (Wildman–Crippen MR) is 99.7 cm³/mol. The van der Waals surface area contributed by atoms with Crippen LogP contribution in [0, 0.1) is 0 Å². The number of methoxy groups -OCH3 is 1. The molecular weight excluding hydrogens is 332 g/mol. The van der Waals surface area contributed by atoms with Crippen LogP contribution in [-0.2, 0) is 6.42 Å². The molecule has 0 radical (unpaired) electrons. The summed E-state index contributed by atoms with van der Waals surface area (Å²) in [4.78, 5) is 28.4. The topological polar surface area (TPSA) is 80.9 Å². The van der Waals surface area contributed by atoms with Gasteiger partial charge in [0.15, 0.2) is 0 Å². The SMILES string of the molecule is CCc1c(/C=C/c2ccccc2OC)nc2ccc(C(=O)O)cn2c1=O. The number of rotatable bonds is 5. The fraction of sp³-hybridized carbons (Fsp3) is 0.150. The fourth-order valence-electron chi connectivity index (χ4n) is 2.76. The summed E-state index contributed by atoms with van der Waals surface area (Å²) in [6, 6.07) is 10.5. The Morgan fingerprint density at radius 2 is 2.00 bits per heavy atom. The molecule has 2 heterocycles. The number of aromatic nitrogens is 2. The summed E-state index contributed by atoms with van der Waals surface area (Å²) in [5, 5.41) is 9.12. The van der Waals surface area contributed by atoms with E-state index in [1.807, 2.05) is 37.3 Å². The molecule has 0 spiro atoms. The number of hydrogen-bond donors (Lipinski definition) is 1. The van der Waals surface area contributed by atoms with Crippen molar-refractivity contribution in [3.8, 4) is 5.75 Å². The fourth-order valence-corrected chi connectivity index (χ4v) is 2.76. The number of carboxylic acids is 1. The van der Waals surface area contributed by atoms with Crippen molar-refractivity contribution >= 4 is 23.8 Å². The van der Waals surface area contributed by atoms with Gasteiger partial charge in [0.05, 0.1) is 18.4 Å². The number of ether oxygens (including phenoxy) is 1. The molecule has 3 aromatic rings. The Labute approximate surface area is 150 Å². The molecule has 3 rings (SSSR count). The molecule has 0 fully saturated rings. The molecule has 0 saturated heterocycles. The van der Waals surface area contributed by atoms with Gasteiger partial charge >= 0.3 is 5.97 Å². The number of fused-ring (bicyclic) bond motifs is 1. The summed E-state index contributed by atoms with van der Waals surface area (Å²) in [5.41, 5.74) is 2.14.